The van der Waals surface area contributed by atoms with Crippen LogP contribution in [0.1, 0.15) is 30.7 Å². The van der Waals surface area contributed by atoms with Gasteiger partial charge in [0.15, 0.2) is 5.82 Å². The maximum Gasteiger partial charge on any atom is 0.318 e. The zero-order valence-electron chi connectivity index (χ0n) is 22.8. The maximum absolute atomic E-state index is 15.0. The van der Waals surface area contributed by atoms with Gasteiger partial charge in [-0.05, 0) is 59.0 Å². The summed E-state index contributed by atoms with van der Waals surface area (Å²) in [5, 5.41) is 10.4. The van der Waals surface area contributed by atoms with Crippen molar-refractivity contribution in [3.05, 3.63) is 47.4 Å². The number of hydrogen-bond donors (Lipinski definition) is 1. The van der Waals surface area contributed by atoms with Crippen molar-refractivity contribution in [1.82, 2.24) is 19.8 Å². The van der Waals surface area contributed by atoms with Crippen LogP contribution in [0, 0.1) is 12.7 Å². The number of carbonyl (C=O) groups excluding carboxylic acids is 1. The molecular weight excluding hydrogens is 475 g/mol. The van der Waals surface area contributed by atoms with Crippen LogP contribution >= 0.6 is 0 Å². The minimum absolute atomic E-state index is 0.0967. The van der Waals surface area contributed by atoms with E-state index in [4.69, 9.17) is 14.7 Å². The van der Waals surface area contributed by atoms with Crippen LogP contribution in [-0.2, 0) is 17.8 Å². The number of carbonyl (C=O) groups is 1. The SMILES string of the molecule is C=CC(=O)N(CC)CCN(C)c1nc(O[C@H](C)CN(C)C)nc2c1CCN(c1c(O)ccc(C)c1F)C2. The molecule has 1 aromatic heterocycles. The van der Waals surface area contributed by atoms with Gasteiger partial charge in [-0.3, -0.25) is 4.79 Å². The van der Waals surface area contributed by atoms with Gasteiger partial charge in [0.1, 0.15) is 23.4 Å². The Morgan fingerprint density at radius 2 is 2.03 bits per heavy atom. The van der Waals surface area contributed by atoms with Gasteiger partial charge < -0.3 is 29.4 Å². The lowest BCUT2D eigenvalue weighted by atomic mass is 10.0. The van der Waals surface area contributed by atoms with Crippen molar-refractivity contribution in [1.29, 1.82) is 0 Å². The molecule has 0 spiro atoms. The average molecular weight is 515 g/mol. The van der Waals surface area contributed by atoms with Gasteiger partial charge in [0, 0.05) is 45.3 Å². The third-order valence-electron chi connectivity index (χ3n) is 6.49. The molecule has 1 aliphatic heterocycles. The molecule has 1 N–H and O–H groups in total. The number of phenols is 1. The monoisotopic (exact) mass is 514 g/mol. The standard InChI is InChI=1S/C27H39FN6O3/c1-8-23(36)33(9-2)15-14-32(7)26-20-12-13-34(25-22(35)11-10-18(3)24(25)28)17-21(20)29-27(30-26)37-19(4)16-31(5)6/h8,10-11,19,35H,1,9,12-17H2,2-7H3/t19-/m1/s1. The van der Waals surface area contributed by atoms with Crippen molar-refractivity contribution in [3.63, 3.8) is 0 Å². The highest BCUT2D eigenvalue weighted by Crippen LogP contribution is 2.37. The number of amides is 1. The molecule has 1 atom stereocenters. The molecule has 9 nitrogen and oxygen atoms in total. The zero-order valence-corrected chi connectivity index (χ0v) is 22.8. The second kappa shape index (κ2) is 12.2. The fraction of sp³-hybridized carbons (Fsp3) is 0.519. The molecule has 1 amide bonds. The molecule has 0 fully saturated rings. The number of nitrogens with zero attached hydrogens (tertiary/aromatic N) is 6. The lowest BCUT2D eigenvalue weighted by molar-refractivity contribution is -0.125. The van der Waals surface area contributed by atoms with Crippen molar-refractivity contribution in [2.45, 2.75) is 39.8 Å². The molecule has 3 rings (SSSR count). The van der Waals surface area contributed by atoms with E-state index in [2.05, 4.69) is 6.58 Å². The molecule has 0 saturated heterocycles. The summed E-state index contributed by atoms with van der Waals surface area (Å²) in [6.45, 7) is 12.3. The number of benzene rings is 1. The molecule has 0 radical (unpaired) electrons. The second-order valence-corrected chi connectivity index (χ2v) is 9.73. The Bertz CT molecular complexity index is 1130. The van der Waals surface area contributed by atoms with Crippen LogP contribution in [0.5, 0.6) is 11.8 Å². The van der Waals surface area contributed by atoms with Gasteiger partial charge >= 0.3 is 6.01 Å². The summed E-state index contributed by atoms with van der Waals surface area (Å²) in [6, 6.07) is 3.33. The van der Waals surface area contributed by atoms with Crippen LogP contribution in [0.3, 0.4) is 0 Å². The van der Waals surface area contributed by atoms with Gasteiger partial charge in [-0.15, -0.1) is 0 Å². The number of likely N-dealkylation sites (N-methyl/N-ethyl adjacent to an activating group) is 3. The smallest absolute Gasteiger partial charge is 0.318 e. The summed E-state index contributed by atoms with van der Waals surface area (Å²) in [5.74, 6) is 0.0866. The van der Waals surface area contributed by atoms with Gasteiger partial charge in [-0.25, -0.2) is 4.39 Å². The molecule has 1 aliphatic rings. The van der Waals surface area contributed by atoms with E-state index >= 15 is 0 Å². The van der Waals surface area contributed by atoms with Crippen LogP contribution < -0.4 is 14.5 Å². The summed E-state index contributed by atoms with van der Waals surface area (Å²) in [4.78, 5) is 29.2. The Kier molecular flexibility index (Phi) is 9.31. The van der Waals surface area contributed by atoms with Crippen molar-refractivity contribution in [2.24, 2.45) is 0 Å². The normalized spacial score (nSPS) is 13.8. The van der Waals surface area contributed by atoms with Crippen molar-refractivity contribution in [2.75, 3.05) is 63.7 Å². The first kappa shape index (κ1) is 28.2. The molecular formula is C27H39FN6O3. The third kappa shape index (κ3) is 6.68. The number of phenolic OH excluding ortho intramolecular Hbond substituents is 1. The summed E-state index contributed by atoms with van der Waals surface area (Å²) in [7, 11) is 5.87. The molecule has 0 aliphatic carbocycles. The largest absolute Gasteiger partial charge is 0.506 e. The van der Waals surface area contributed by atoms with E-state index in [0.717, 1.165) is 17.1 Å². The highest BCUT2D eigenvalue weighted by atomic mass is 19.1. The fourth-order valence-electron chi connectivity index (χ4n) is 4.57. The van der Waals surface area contributed by atoms with Gasteiger partial charge in [-0.1, -0.05) is 12.6 Å². The summed E-state index contributed by atoms with van der Waals surface area (Å²) in [6.07, 6.45) is 1.74. The van der Waals surface area contributed by atoms with Gasteiger partial charge in [0.2, 0.25) is 5.91 Å². The number of rotatable bonds is 11. The first-order valence-corrected chi connectivity index (χ1v) is 12.6. The van der Waals surface area contributed by atoms with E-state index in [9.17, 15) is 14.3 Å². The van der Waals surface area contributed by atoms with Gasteiger partial charge in [-0.2, -0.15) is 9.97 Å². The van der Waals surface area contributed by atoms with Crippen LogP contribution in [0.2, 0.25) is 0 Å². The van der Waals surface area contributed by atoms with Crippen LogP contribution in [-0.4, -0.2) is 90.8 Å². The summed E-state index contributed by atoms with van der Waals surface area (Å²) < 4.78 is 21.1. The molecule has 0 unspecified atom stereocenters. The fourth-order valence-corrected chi connectivity index (χ4v) is 4.57. The minimum atomic E-state index is -0.433. The Morgan fingerprint density at radius 1 is 1.30 bits per heavy atom. The second-order valence-electron chi connectivity index (χ2n) is 9.73. The zero-order chi connectivity index (χ0) is 27.3. The number of aryl methyl sites for hydroxylation is 1. The molecule has 202 valence electrons. The molecule has 10 heteroatoms. The first-order valence-electron chi connectivity index (χ1n) is 12.6. The Hall–Kier alpha value is -3.40. The molecule has 0 saturated carbocycles. The number of hydrogen-bond acceptors (Lipinski definition) is 8. The summed E-state index contributed by atoms with van der Waals surface area (Å²) >= 11 is 0. The summed E-state index contributed by atoms with van der Waals surface area (Å²) in [5.41, 5.74) is 2.34. The number of aromatic hydroxyl groups is 1. The Balaban J connectivity index is 1.95. The quantitative estimate of drug-likeness (QED) is 0.458. The van der Waals surface area contributed by atoms with Crippen LogP contribution in [0.4, 0.5) is 15.9 Å². The number of aromatic nitrogens is 2. The van der Waals surface area contributed by atoms with Crippen LogP contribution in [0.25, 0.3) is 0 Å². The first-order chi connectivity index (χ1) is 17.5. The predicted molar refractivity (Wildman–Crippen MR) is 144 cm³/mol. The number of halogens is 1. The number of anilines is 2. The molecule has 2 aromatic rings. The predicted octanol–water partition coefficient (Wildman–Crippen LogP) is 2.99. The maximum atomic E-state index is 15.0. The lowest BCUT2D eigenvalue weighted by Crippen LogP contribution is -2.38. The van der Waals surface area contributed by atoms with Crippen molar-refractivity contribution < 1.29 is 19.0 Å². The topological polar surface area (TPSA) is 85.3 Å². The highest BCUT2D eigenvalue weighted by Gasteiger charge is 2.28. The van der Waals surface area contributed by atoms with E-state index < -0.39 is 5.82 Å². The third-order valence-corrected chi connectivity index (χ3v) is 6.49. The Morgan fingerprint density at radius 3 is 2.68 bits per heavy atom. The van der Waals surface area contributed by atoms with E-state index in [-0.39, 0.29) is 29.5 Å². The molecule has 2 heterocycles. The highest BCUT2D eigenvalue weighted by molar-refractivity contribution is 5.87. The molecule has 1 aromatic carbocycles. The molecule has 0 bridgehead atoms. The van der Waals surface area contributed by atoms with Gasteiger partial charge in [0.25, 0.3) is 0 Å². The van der Waals surface area contributed by atoms with E-state index in [1.54, 1.807) is 17.9 Å². The van der Waals surface area contributed by atoms with E-state index in [1.807, 2.05) is 49.7 Å². The van der Waals surface area contributed by atoms with Gasteiger partial charge in [0.05, 0.1) is 12.2 Å². The van der Waals surface area contributed by atoms with E-state index in [0.29, 0.717) is 51.3 Å². The van der Waals surface area contributed by atoms with Crippen molar-refractivity contribution >= 4 is 17.4 Å². The molecule has 37 heavy (non-hydrogen) atoms. The van der Waals surface area contributed by atoms with Crippen molar-refractivity contribution in [3.8, 4) is 11.8 Å². The average Bonchev–Trinajstić information content (AvgIpc) is 2.85. The lowest BCUT2D eigenvalue weighted by Gasteiger charge is -2.34. The van der Waals surface area contributed by atoms with Crippen LogP contribution in [0.15, 0.2) is 24.8 Å². The number of fused-ring (bicyclic) bond motifs is 1. The number of ether oxygens (including phenoxy) is 1. The van der Waals surface area contributed by atoms with E-state index in [1.165, 1.54) is 12.1 Å². The minimum Gasteiger partial charge on any atom is -0.506 e. The Labute approximate surface area is 219 Å².